The summed E-state index contributed by atoms with van der Waals surface area (Å²) in [5, 5.41) is 0.151. The van der Waals surface area contributed by atoms with E-state index in [1.165, 1.54) is 0 Å². The van der Waals surface area contributed by atoms with Gasteiger partial charge in [-0.15, -0.1) is 0 Å². The number of hydrogen-bond acceptors (Lipinski definition) is 5. The first-order valence-electron chi connectivity index (χ1n) is 6.56. The van der Waals surface area contributed by atoms with Gasteiger partial charge < -0.3 is 9.64 Å². The van der Waals surface area contributed by atoms with Crippen LogP contribution >= 0.6 is 11.6 Å². The molecule has 108 valence electrons. The summed E-state index contributed by atoms with van der Waals surface area (Å²) in [7, 11) is 3.78. The Morgan fingerprint density at radius 1 is 1.45 bits per heavy atom. The Bertz CT molecular complexity index is 525. The highest BCUT2D eigenvalue weighted by molar-refractivity contribution is 6.28. The monoisotopic (exact) mass is 296 g/mol. The van der Waals surface area contributed by atoms with E-state index in [0.29, 0.717) is 11.2 Å². The summed E-state index contributed by atoms with van der Waals surface area (Å²) in [5.74, 6) is 0.574. The molecular weight excluding hydrogens is 280 g/mol. The van der Waals surface area contributed by atoms with Crippen LogP contribution in [0.2, 0.25) is 5.28 Å². The second-order valence-corrected chi connectivity index (χ2v) is 6.15. The van der Waals surface area contributed by atoms with E-state index in [9.17, 15) is 4.79 Å². The minimum atomic E-state index is 0.151. The SMILES string of the molecule is CN(C)c1cnc(Cl)nc1N(C=O)C1CC2(COC2)C1. The third-order valence-corrected chi connectivity index (χ3v) is 4.29. The molecule has 1 aliphatic heterocycles. The van der Waals surface area contributed by atoms with Crippen molar-refractivity contribution >= 4 is 29.5 Å². The number of ether oxygens (including phenoxy) is 1. The van der Waals surface area contributed by atoms with E-state index >= 15 is 0 Å². The predicted octanol–water partition coefficient (Wildman–Crippen LogP) is 1.34. The van der Waals surface area contributed by atoms with Crippen molar-refractivity contribution in [2.75, 3.05) is 37.1 Å². The van der Waals surface area contributed by atoms with Crippen LogP contribution < -0.4 is 9.80 Å². The lowest BCUT2D eigenvalue weighted by Crippen LogP contribution is -2.59. The molecule has 0 radical (unpaired) electrons. The number of halogens is 1. The maximum atomic E-state index is 11.5. The molecule has 0 unspecified atom stereocenters. The zero-order chi connectivity index (χ0) is 14.3. The first-order chi connectivity index (χ1) is 9.54. The third-order valence-electron chi connectivity index (χ3n) is 4.11. The van der Waals surface area contributed by atoms with Crippen molar-refractivity contribution in [3.63, 3.8) is 0 Å². The van der Waals surface area contributed by atoms with Gasteiger partial charge in [0.1, 0.15) is 0 Å². The molecule has 0 aromatic carbocycles. The highest BCUT2D eigenvalue weighted by atomic mass is 35.5. The first kappa shape index (κ1) is 13.6. The Labute approximate surface area is 122 Å². The summed E-state index contributed by atoms with van der Waals surface area (Å²) in [4.78, 5) is 23.3. The van der Waals surface area contributed by atoms with Crippen LogP contribution in [0.4, 0.5) is 11.5 Å². The van der Waals surface area contributed by atoms with Crippen LogP contribution in [0, 0.1) is 5.41 Å². The van der Waals surface area contributed by atoms with Gasteiger partial charge in [-0.05, 0) is 24.4 Å². The minimum absolute atomic E-state index is 0.151. The van der Waals surface area contributed by atoms with Gasteiger partial charge in [0.25, 0.3) is 0 Å². The molecule has 2 heterocycles. The summed E-state index contributed by atoms with van der Waals surface area (Å²) in [6, 6.07) is 0.168. The Morgan fingerprint density at radius 3 is 2.65 bits per heavy atom. The summed E-state index contributed by atoms with van der Waals surface area (Å²) in [6.07, 6.45) is 4.39. The lowest BCUT2D eigenvalue weighted by molar-refractivity contribution is -0.164. The molecule has 3 rings (SSSR count). The van der Waals surface area contributed by atoms with Crippen LogP contribution in [0.5, 0.6) is 0 Å². The molecule has 1 aromatic rings. The number of rotatable bonds is 4. The summed E-state index contributed by atoms with van der Waals surface area (Å²) in [5.41, 5.74) is 1.08. The lowest BCUT2D eigenvalue weighted by atomic mass is 9.63. The molecular formula is C13H17ClN4O2. The van der Waals surface area contributed by atoms with Gasteiger partial charge in [-0.1, -0.05) is 0 Å². The van der Waals surface area contributed by atoms with Crippen LogP contribution in [0.3, 0.4) is 0 Å². The Kier molecular flexibility index (Phi) is 3.30. The van der Waals surface area contributed by atoms with Crippen molar-refractivity contribution in [2.45, 2.75) is 18.9 Å². The van der Waals surface area contributed by atoms with Gasteiger partial charge in [0.05, 0.1) is 25.1 Å². The van der Waals surface area contributed by atoms with E-state index in [1.807, 2.05) is 19.0 Å². The molecule has 7 heteroatoms. The Balaban J connectivity index is 1.85. The molecule has 0 bridgehead atoms. The number of carbonyl (C=O) groups is 1. The number of amides is 1. The number of hydrogen-bond donors (Lipinski definition) is 0. The van der Waals surface area contributed by atoms with Crippen molar-refractivity contribution in [3.05, 3.63) is 11.5 Å². The second kappa shape index (κ2) is 4.86. The average molecular weight is 297 g/mol. The van der Waals surface area contributed by atoms with Crippen molar-refractivity contribution in [1.29, 1.82) is 0 Å². The number of nitrogens with zero attached hydrogens (tertiary/aromatic N) is 4. The Morgan fingerprint density at radius 2 is 2.15 bits per heavy atom. The molecule has 20 heavy (non-hydrogen) atoms. The molecule has 1 amide bonds. The van der Waals surface area contributed by atoms with E-state index in [1.54, 1.807) is 11.1 Å². The molecule has 1 spiro atoms. The normalized spacial score (nSPS) is 20.1. The Hall–Kier alpha value is -1.40. The van der Waals surface area contributed by atoms with Crippen LogP contribution in [0.25, 0.3) is 0 Å². The van der Waals surface area contributed by atoms with Gasteiger partial charge in [0.15, 0.2) is 5.82 Å². The standard InChI is InChI=1S/C13H17ClN4O2/c1-17(2)10-5-15-12(14)16-11(10)18(8-19)9-3-13(4-9)6-20-7-13/h5,8-9H,3-4,6-7H2,1-2H3. The molecule has 0 atom stereocenters. The van der Waals surface area contributed by atoms with E-state index in [2.05, 4.69) is 9.97 Å². The quantitative estimate of drug-likeness (QED) is 0.620. The van der Waals surface area contributed by atoms with Gasteiger partial charge in [-0.3, -0.25) is 9.69 Å². The van der Waals surface area contributed by atoms with E-state index < -0.39 is 0 Å². The molecule has 1 saturated heterocycles. The molecule has 0 N–H and O–H groups in total. The van der Waals surface area contributed by atoms with Gasteiger partial charge in [-0.25, -0.2) is 4.98 Å². The smallest absolute Gasteiger partial charge is 0.224 e. The summed E-state index contributed by atoms with van der Waals surface area (Å²) < 4.78 is 5.27. The second-order valence-electron chi connectivity index (χ2n) is 5.81. The molecule has 6 nitrogen and oxygen atoms in total. The van der Waals surface area contributed by atoms with Crippen LogP contribution in [0.1, 0.15) is 12.8 Å². The zero-order valence-electron chi connectivity index (χ0n) is 11.5. The fourth-order valence-corrected chi connectivity index (χ4v) is 3.05. The van der Waals surface area contributed by atoms with Crippen molar-refractivity contribution in [2.24, 2.45) is 5.41 Å². The van der Waals surface area contributed by atoms with Crippen molar-refractivity contribution in [3.8, 4) is 0 Å². The van der Waals surface area contributed by atoms with E-state index in [-0.39, 0.29) is 11.3 Å². The fraction of sp³-hybridized carbons (Fsp3) is 0.615. The van der Waals surface area contributed by atoms with Crippen LogP contribution in [0.15, 0.2) is 6.20 Å². The third kappa shape index (κ3) is 2.13. The van der Waals surface area contributed by atoms with Crippen molar-refractivity contribution in [1.82, 2.24) is 9.97 Å². The molecule has 1 aliphatic carbocycles. The summed E-state index contributed by atoms with van der Waals surface area (Å²) in [6.45, 7) is 1.61. The maximum absolute atomic E-state index is 11.5. The topological polar surface area (TPSA) is 58.6 Å². The molecule has 2 aliphatic rings. The molecule has 2 fully saturated rings. The van der Waals surface area contributed by atoms with Crippen LogP contribution in [-0.4, -0.2) is 49.7 Å². The molecule has 1 saturated carbocycles. The van der Waals surface area contributed by atoms with E-state index in [0.717, 1.165) is 38.2 Å². The van der Waals surface area contributed by atoms with Gasteiger partial charge in [0.2, 0.25) is 11.7 Å². The highest BCUT2D eigenvalue weighted by Gasteiger charge is 2.52. The fourth-order valence-electron chi connectivity index (χ4n) is 2.92. The summed E-state index contributed by atoms with van der Waals surface area (Å²) >= 11 is 5.88. The van der Waals surface area contributed by atoms with Gasteiger partial charge in [0, 0.05) is 25.6 Å². The zero-order valence-corrected chi connectivity index (χ0v) is 12.3. The largest absolute Gasteiger partial charge is 0.380 e. The van der Waals surface area contributed by atoms with Crippen LogP contribution in [-0.2, 0) is 9.53 Å². The lowest BCUT2D eigenvalue weighted by Gasteiger charge is -2.55. The van der Waals surface area contributed by atoms with Gasteiger partial charge in [-0.2, -0.15) is 4.98 Å². The van der Waals surface area contributed by atoms with E-state index in [4.69, 9.17) is 16.3 Å². The predicted molar refractivity (Wildman–Crippen MR) is 76.2 cm³/mol. The minimum Gasteiger partial charge on any atom is -0.380 e. The van der Waals surface area contributed by atoms with Gasteiger partial charge >= 0.3 is 0 Å². The number of carbonyl (C=O) groups excluding carboxylic acids is 1. The maximum Gasteiger partial charge on any atom is 0.224 e. The first-order valence-corrected chi connectivity index (χ1v) is 6.94. The van der Waals surface area contributed by atoms with Crippen molar-refractivity contribution < 1.29 is 9.53 Å². The average Bonchev–Trinajstić information content (AvgIpc) is 2.30. The number of aromatic nitrogens is 2. The highest BCUT2D eigenvalue weighted by Crippen LogP contribution is 2.49. The molecule has 1 aromatic heterocycles. The number of anilines is 2.